The summed E-state index contributed by atoms with van der Waals surface area (Å²) in [5.74, 6) is 1.90. The molecule has 5 rings (SSSR count). The van der Waals surface area contributed by atoms with Gasteiger partial charge in [0, 0.05) is 37.9 Å². The zero-order chi connectivity index (χ0) is 26.8. The first-order valence-electron chi connectivity index (χ1n) is 13.7. The van der Waals surface area contributed by atoms with Gasteiger partial charge in [0.05, 0.1) is 11.6 Å². The summed E-state index contributed by atoms with van der Waals surface area (Å²) in [7, 11) is 2.21. The summed E-state index contributed by atoms with van der Waals surface area (Å²) in [6, 6.07) is 9.49. The van der Waals surface area contributed by atoms with Crippen molar-refractivity contribution in [1.29, 1.82) is 0 Å². The van der Waals surface area contributed by atoms with E-state index in [0.29, 0.717) is 30.4 Å². The SMILES string of the molecule is C=CC(=O)N1CC[C@H](N(C)C(CC2CC2)c2ccc([C@H](C)Nc3ncc4c(n3)N(CC)C(=O)OC4)cc2)C1. The van der Waals surface area contributed by atoms with E-state index in [2.05, 4.69) is 65.0 Å². The lowest BCUT2D eigenvalue weighted by Crippen LogP contribution is -2.38. The smallest absolute Gasteiger partial charge is 0.415 e. The van der Waals surface area contributed by atoms with Crippen molar-refractivity contribution in [2.45, 2.75) is 64.3 Å². The predicted molar refractivity (Wildman–Crippen MR) is 147 cm³/mol. The minimum absolute atomic E-state index is 0.0133. The van der Waals surface area contributed by atoms with Gasteiger partial charge < -0.3 is 15.0 Å². The third-order valence-corrected chi connectivity index (χ3v) is 8.12. The van der Waals surface area contributed by atoms with Crippen molar-refractivity contribution < 1.29 is 14.3 Å². The van der Waals surface area contributed by atoms with Crippen LogP contribution in [0.15, 0.2) is 43.1 Å². The van der Waals surface area contributed by atoms with Crippen molar-refractivity contribution in [3.05, 3.63) is 59.8 Å². The highest BCUT2D eigenvalue weighted by Gasteiger charge is 2.35. The van der Waals surface area contributed by atoms with Gasteiger partial charge in [-0.05, 0) is 56.9 Å². The third-order valence-electron chi connectivity index (χ3n) is 8.12. The van der Waals surface area contributed by atoms with Gasteiger partial charge in [0.1, 0.15) is 12.4 Å². The van der Waals surface area contributed by atoms with Crippen LogP contribution in [0.2, 0.25) is 0 Å². The number of hydrogen-bond donors (Lipinski definition) is 1. The minimum atomic E-state index is -0.378. The molecule has 1 saturated heterocycles. The van der Waals surface area contributed by atoms with Gasteiger partial charge in [0.2, 0.25) is 11.9 Å². The Morgan fingerprint density at radius 1 is 1.26 bits per heavy atom. The molecule has 1 aliphatic carbocycles. The Morgan fingerprint density at radius 2 is 2.00 bits per heavy atom. The molecular formula is C29H38N6O3. The lowest BCUT2D eigenvalue weighted by molar-refractivity contribution is -0.125. The second-order valence-electron chi connectivity index (χ2n) is 10.7. The summed E-state index contributed by atoms with van der Waals surface area (Å²) in [6.07, 6.45) is 7.52. The molecule has 3 heterocycles. The number of benzene rings is 1. The van der Waals surface area contributed by atoms with Crippen LogP contribution in [-0.4, -0.2) is 64.5 Å². The number of hydrogen-bond acceptors (Lipinski definition) is 7. The molecule has 9 heteroatoms. The summed E-state index contributed by atoms with van der Waals surface area (Å²) in [4.78, 5) is 39.2. The monoisotopic (exact) mass is 518 g/mol. The summed E-state index contributed by atoms with van der Waals surface area (Å²) >= 11 is 0. The van der Waals surface area contributed by atoms with Crippen LogP contribution in [0.4, 0.5) is 16.6 Å². The van der Waals surface area contributed by atoms with E-state index in [9.17, 15) is 9.59 Å². The fourth-order valence-electron chi connectivity index (χ4n) is 5.53. The Hall–Kier alpha value is -3.46. The summed E-state index contributed by atoms with van der Waals surface area (Å²) in [5, 5.41) is 3.39. The molecule has 2 fully saturated rings. The number of rotatable bonds is 10. The number of amides is 2. The summed E-state index contributed by atoms with van der Waals surface area (Å²) in [6.45, 7) is 9.86. The van der Waals surface area contributed by atoms with Crippen molar-refractivity contribution in [3.8, 4) is 0 Å². The standard InChI is InChI=1S/C29H38N6O3/c1-5-26(36)34-14-13-24(17-34)33(4)25(15-20-7-8-20)22-11-9-21(10-12-22)19(3)31-28-30-16-23-18-38-29(37)35(6-2)27(23)32-28/h5,9-12,16,19-20,24-25H,1,6-8,13-15,17-18H2,2-4H3,(H,30,31,32)/t19-,24-,25?/m0/s1. The van der Waals surface area contributed by atoms with Gasteiger partial charge in [-0.25, -0.2) is 9.78 Å². The molecule has 2 amide bonds. The normalized spacial score (nSPS) is 20.6. The number of likely N-dealkylation sites (N-methyl/N-ethyl adjacent to an activating group) is 1. The number of ether oxygens (including phenoxy) is 1. The highest BCUT2D eigenvalue weighted by Crippen LogP contribution is 2.41. The first-order valence-corrected chi connectivity index (χ1v) is 13.7. The second kappa shape index (κ2) is 11.1. The van der Waals surface area contributed by atoms with Crippen LogP contribution in [0.3, 0.4) is 0 Å². The zero-order valence-electron chi connectivity index (χ0n) is 22.6. The molecule has 9 nitrogen and oxygen atoms in total. The molecule has 3 atom stereocenters. The van der Waals surface area contributed by atoms with Crippen molar-refractivity contribution in [1.82, 2.24) is 19.8 Å². The summed E-state index contributed by atoms with van der Waals surface area (Å²) < 4.78 is 5.19. The molecule has 1 unspecified atom stereocenters. The van der Waals surface area contributed by atoms with E-state index >= 15 is 0 Å². The van der Waals surface area contributed by atoms with E-state index in [-0.39, 0.29) is 24.6 Å². The first-order chi connectivity index (χ1) is 18.4. The molecule has 38 heavy (non-hydrogen) atoms. The average molecular weight is 519 g/mol. The van der Waals surface area contributed by atoms with E-state index in [1.165, 1.54) is 29.4 Å². The predicted octanol–water partition coefficient (Wildman–Crippen LogP) is 4.69. The molecule has 0 radical (unpaired) electrons. The van der Waals surface area contributed by atoms with Crippen LogP contribution >= 0.6 is 0 Å². The van der Waals surface area contributed by atoms with Crippen LogP contribution < -0.4 is 10.2 Å². The second-order valence-corrected chi connectivity index (χ2v) is 10.7. The zero-order valence-corrected chi connectivity index (χ0v) is 22.6. The number of fused-ring (bicyclic) bond motifs is 1. The van der Waals surface area contributed by atoms with E-state index in [1.54, 1.807) is 6.20 Å². The summed E-state index contributed by atoms with van der Waals surface area (Å²) in [5.41, 5.74) is 3.25. The molecule has 0 bridgehead atoms. The van der Waals surface area contributed by atoms with Gasteiger partial charge in [-0.1, -0.05) is 43.7 Å². The number of nitrogens with zero attached hydrogens (tertiary/aromatic N) is 5. The molecule has 2 aliphatic heterocycles. The Bertz CT molecular complexity index is 1180. The quantitative estimate of drug-likeness (QED) is 0.457. The minimum Gasteiger partial charge on any atom is -0.444 e. The van der Waals surface area contributed by atoms with Crippen LogP contribution in [0.5, 0.6) is 0 Å². The Labute approximate surface area is 224 Å². The van der Waals surface area contributed by atoms with Crippen molar-refractivity contribution in [3.63, 3.8) is 0 Å². The maximum Gasteiger partial charge on any atom is 0.415 e. The molecule has 0 spiro atoms. The molecule has 1 aromatic heterocycles. The lowest BCUT2D eigenvalue weighted by atomic mass is 9.96. The van der Waals surface area contributed by atoms with Crippen molar-refractivity contribution in [2.24, 2.45) is 5.92 Å². The van der Waals surface area contributed by atoms with Gasteiger partial charge in [-0.2, -0.15) is 4.98 Å². The number of carbonyl (C=O) groups is 2. The van der Waals surface area contributed by atoms with E-state index in [4.69, 9.17) is 4.74 Å². The molecule has 2 aromatic rings. The van der Waals surface area contributed by atoms with Crippen molar-refractivity contribution in [2.75, 3.05) is 36.9 Å². The third kappa shape index (κ3) is 5.53. The lowest BCUT2D eigenvalue weighted by Gasteiger charge is -2.34. The molecular weight excluding hydrogens is 480 g/mol. The molecule has 3 aliphatic rings. The van der Waals surface area contributed by atoms with E-state index < -0.39 is 0 Å². The molecule has 1 aromatic carbocycles. The molecule has 1 saturated carbocycles. The van der Waals surface area contributed by atoms with Crippen LogP contribution in [0, 0.1) is 5.92 Å². The Kier molecular flexibility index (Phi) is 7.65. The molecule has 202 valence electrons. The van der Waals surface area contributed by atoms with Gasteiger partial charge in [-0.3, -0.25) is 14.6 Å². The fourth-order valence-corrected chi connectivity index (χ4v) is 5.53. The number of nitrogens with one attached hydrogen (secondary N) is 1. The van der Waals surface area contributed by atoms with Crippen LogP contribution in [0.1, 0.15) is 68.3 Å². The number of cyclic esters (lactones) is 1. The largest absolute Gasteiger partial charge is 0.444 e. The number of likely N-dealkylation sites (tertiary alicyclic amines) is 1. The van der Waals surface area contributed by atoms with E-state index in [1.807, 2.05) is 11.8 Å². The van der Waals surface area contributed by atoms with Crippen LogP contribution in [-0.2, 0) is 16.1 Å². The van der Waals surface area contributed by atoms with Gasteiger partial charge in [0.25, 0.3) is 0 Å². The van der Waals surface area contributed by atoms with Gasteiger partial charge >= 0.3 is 6.09 Å². The molecule has 1 N–H and O–H groups in total. The highest BCUT2D eigenvalue weighted by atomic mass is 16.6. The Balaban J connectivity index is 1.28. The fraction of sp³-hybridized carbons (Fsp3) is 0.517. The Morgan fingerprint density at radius 3 is 2.68 bits per heavy atom. The van der Waals surface area contributed by atoms with Gasteiger partial charge in [0.15, 0.2) is 0 Å². The van der Waals surface area contributed by atoms with Crippen LogP contribution in [0.25, 0.3) is 0 Å². The average Bonchev–Trinajstić information content (AvgIpc) is 3.63. The number of aromatic nitrogens is 2. The maximum atomic E-state index is 12.1. The number of anilines is 2. The van der Waals surface area contributed by atoms with E-state index in [0.717, 1.165) is 43.0 Å². The van der Waals surface area contributed by atoms with Crippen molar-refractivity contribution >= 4 is 23.8 Å². The number of carbonyl (C=O) groups excluding carboxylic acids is 2. The first kappa shape index (κ1) is 26.2. The highest BCUT2D eigenvalue weighted by molar-refractivity contribution is 5.89. The topological polar surface area (TPSA) is 90.9 Å². The maximum absolute atomic E-state index is 12.1. The van der Waals surface area contributed by atoms with Gasteiger partial charge in [-0.15, -0.1) is 0 Å².